The molecule has 3 aromatic rings. The Labute approximate surface area is 177 Å². The summed E-state index contributed by atoms with van der Waals surface area (Å²) in [5.74, 6) is -0.219. The average molecular weight is 428 g/mol. The van der Waals surface area contributed by atoms with E-state index >= 15 is 0 Å². The first-order chi connectivity index (χ1) is 14.5. The number of fused-ring (bicyclic) bond motifs is 1. The molecule has 7 heteroatoms. The smallest absolute Gasteiger partial charge is 0.240 e. The van der Waals surface area contributed by atoms with Crippen LogP contribution in [0.25, 0.3) is 10.8 Å². The Bertz CT molecular complexity index is 1090. The molecule has 1 aliphatic heterocycles. The van der Waals surface area contributed by atoms with Crippen molar-refractivity contribution in [2.75, 3.05) is 44.2 Å². The summed E-state index contributed by atoms with van der Waals surface area (Å²) < 4.78 is 41.0. The predicted octanol–water partition coefficient (Wildman–Crippen LogP) is 3.47. The molecule has 4 rings (SSSR count). The van der Waals surface area contributed by atoms with Gasteiger partial charge in [0.05, 0.1) is 4.90 Å². The van der Waals surface area contributed by atoms with Crippen molar-refractivity contribution in [3.63, 3.8) is 0 Å². The van der Waals surface area contributed by atoms with Gasteiger partial charge in [-0.2, -0.15) is 0 Å². The molecule has 0 aromatic heterocycles. The molecule has 5 nitrogen and oxygen atoms in total. The zero-order valence-corrected chi connectivity index (χ0v) is 17.6. The van der Waals surface area contributed by atoms with E-state index < -0.39 is 10.0 Å². The normalized spacial score (nSPS) is 15.6. The maximum Gasteiger partial charge on any atom is 0.240 e. The fraction of sp³-hybridized carbons (Fsp3) is 0.304. The van der Waals surface area contributed by atoms with Gasteiger partial charge in [0.2, 0.25) is 10.0 Å². The van der Waals surface area contributed by atoms with Crippen molar-refractivity contribution in [2.45, 2.75) is 11.3 Å². The molecule has 1 aliphatic rings. The van der Waals surface area contributed by atoms with Gasteiger partial charge in [-0.3, -0.25) is 4.90 Å². The molecule has 1 heterocycles. The Morgan fingerprint density at radius 3 is 2.30 bits per heavy atom. The van der Waals surface area contributed by atoms with Gasteiger partial charge in [0, 0.05) is 38.4 Å². The van der Waals surface area contributed by atoms with Crippen LogP contribution in [0.1, 0.15) is 6.42 Å². The van der Waals surface area contributed by atoms with Gasteiger partial charge >= 0.3 is 0 Å². The number of hydrogen-bond acceptors (Lipinski definition) is 4. The Morgan fingerprint density at radius 1 is 0.867 bits per heavy atom. The Hall–Kier alpha value is -2.48. The quantitative estimate of drug-likeness (QED) is 0.587. The molecule has 0 radical (unpaired) electrons. The van der Waals surface area contributed by atoms with Gasteiger partial charge < -0.3 is 4.90 Å². The third-order valence-electron chi connectivity index (χ3n) is 5.54. The van der Waals surface area contributed by atoms with Gasteiger partial charge in [-0.1, -0.05) is 30.3 Å². The number of benzene rings is 3. The highest BCUT2D eigenvalue weighted by Crippen LogP contribution is 2.19. The van der Waals surface area contributed by atoms with Crippen LogP contribution in [0.4, 0.5) is 10.1 Å². The zero-order chi connectivity index (χ0) is 21.0. The maximum absolute atomic E-state index is 13.1. The van der Waals surface area contributed by atoms with Crippen LogP contribution in [0.5, 0.6) is 0 Å². The molecule has 0 spiro atoms. The topological polar surface area (TPSA) is 52.7 Å². The number of hydrogen-bond donors (Lipinski definition) is 1. The second kappa shape index (κ2) is 9.12. The number of nitrogens with zero attached hydrogens (tertiary/aromatic N) is 2. The minimum Gasteiger partial charge on any atom is -0.369 e. The summed E-state index contributed by atoms with van der Waals surface area (Å²) in [6.45, 7) is 4.84. The first-order valence-corrected chi connectivity index (χ1v) is 11.7. The summed E-state index contributed by atoms with van der Waals surface area (Å²) in [4.78, 5) is 4.89. The lowest BCUT2D eigenvalue weighted by molar-refractivity contribution is 0.255. The molecule has 3 aromatic carbocycles. The van der Waals surface area contributed by atoms with Gasteiger partial charge in [0.25, 0.3) is 0 Å². The largest absolute Gasteiger partial charge is 0.369 e. The first-order valence-electron chi connectivity index (χ1n) is 10.2. The number of nitrogens with one attached hydrogen (secondary N) is 1. The van der Waals surface area contributed by atoms with Crippen LogP contribution in [0.2, 0.25) is 0 Å². The van der Waals surface area contributed by atoms with Crippen LogP contribution >= 0.6 is 0 Å². The number of halogens is 1. The molecule has 30 heavy (non-hydrogen) atoms. The van der Waals surface area contributed by atoms with Gasteiger partial charge in [-0.15, -0.1) is 0 Å². The molecule has 0 amide bonds. The summed E-state index contributed by atoms with van der Waals surface area (Å²) in [7, 11) is -3.51. The maximum atomic E-state index is 13.1. The van der Waals surface area contributed by atoms with E-state index in [1.54, 1.807) is 12.1 Å². The molecule has 0 bridgehead atoms. The molecular formula is C23H26FN3O2S. The standard InChI is InChI=1S/C23H26FN3O2S/c24-21-7-9-22(10-8-21)27-16-14-26(15-17-27)13-3-12-25-30(28,29)23-11-6-19-4-1-2-5-20(19)18-23/h1-2,4-11,18,25H,3,12-17H2. The van der Waals surface area contributed by atoms with E-state index in [4.69, 9.17) is 0 Å². The molecular weight excluding hydrogens is 401 g/mol. The summed E-state index contributed by atoms with van der Waals surface area (Å²) >= 11 is 0. The van der Waals surface area contributed by atoms with Crippen molar-refractivity contribution in [3.05, 3.63) is 72.5 Å². The van der Waals surface area contributed by atoms with Crippen molar-refractivity contribution in [1.29, 1.82) is 0 Å². The van der Waals surface area contributed by atoms with E-state index in [2.05, 4.69) is 14.5 Å². The molecule has 1 N–H and O–H groups in total. The summed E-state index contributed by atoms with van der Waals surface area (Å²) in [6, 6.07) is 19.5. The highest BCUT2D eigenvalue weighted by molar-refractivity contribution is 7.89. The van der Waals surface area contributed by atoms with Crippen molar-refractivity contribution < 1.29 is 12.8 Å². The van der Waals surface area contributed by atoms with E-state index in [1.807, 2.05) is 42.5 Å². The minimum atomic E-state index is -3.51. The van der Waals surface area contributed by atoms with Gasteiger partial charge in [0.1, 0.15) is 5.82 Å². The Balaban J connectivity index is 1.23. The van der Waals surface area contributed by atoms with Crippen molar-refractivity contribution in [1.82, 2.24) is 9.62 Å². The van der Waals surface area contributed by atoms with Crippen molar-refractivity contribution >= 4 is 26.5 Å². The average Bonchev–Trinajstić information content (AvgIpc) is 2.77. The summed E-state index contributed by atoms with van der Waals surface area (Å²) in [5, 5.41) is 1.94. The van der Waals surface area contributed by atoms with Gasteiger partial charge in [-0.25, -0.2) is 17.5 Å². The lowest BCUT2D eigenvalue weighted by Crippen LogP contribution is -2.47. The van der Waals surface area contributed by atoms with Crippen LogP contribution in [0.15, 0.2) is 71.6 Å². The second-order valence-corrected chi connectivity index (χ2v) is 9.33. The van der Waals surface area contributed by atoms with Gasteiger partial charge in [-0.05, 0) is 60.1 Å². The highest BCUT2D eigenvalue weighted by Gasteiger charge is 2.18. The zero-order valence-electron chi connectivity index (χ0n) is 16.8. The molecule has 1 saturated heterocycles. The molecule has 1 fully saturated rings. The van der Waals surface area contributed by atoms with E-state index in [0.29, 0.717) is 11.4 Å². The van der Waals surface area contributed by atoms with Crippen molar-refractivity contribution in [2.24, 2.45) is 0 Å². The van der Waals surface area contributed by atoms with Crippen LogP contribution in [-0.4, -0.2) is 52.6 Å². The molecule has 158 valence electrons. The lowest BCUT2D eigenvalue weighted by Gasteiger charge is -2.36. The number of anilines is 1. The van der Waals surface area contributed by atoms with E-state index in [-0.39, 0.29) is 5.82 Å². The fourth-order valence-corrected chi connectivity index (χ4v) is 4.92. The van der Waals surface area contributed by atoms with E-state index in [0.717, 1.165) is 55.6 Å². The number of sulfonamides is 1. The summed E-state index contributed by atoms with van der Waals surface area (Å²) in [6.07, 6.45) is 0.753. The van der Waals surface area contributed by atoms with E-state index in [9.17, 15) is 12.8 Å². The van der Waals surface area contributed by atoms with Crippen LogP contribution in [-0.2, 0) is 10.0 Å². The van der Waals surface area contributed by atoms with Gasteiger partial charge in [0.15, 0.2) is 0 Å². The first kappa shape index (κ1) is 20.8. The SMILES string of the molecule is O=S(=O)(NCCCN1CCN(c2ccc(F)cc2)CC1)c1ccc2ccccc2c1. The third-order valence-corrected chi connectivity index (χ3v) is 7.00. The predicted molar refractivity (Wildman–Crippen MR) is 119 cm³/mol. The monoisotopic (exact) mass is 427 g/mol. The van der Waals surface area contributed by atoms with Crippen LogP contribution in [0, 0.1) is 5.82 Å². The molecule has 0 aliphatic carbocycles. The Kier molecular flexibility index (Phi) is 6.32. The van der Waals surface area contributed by atoms with Crippen LogP contribution in [0.3, 0.4) is 0 Å². The molecule has 0 atom stereocenters. The minimum absolute atomic E-state index is 0.219. The van der Waals surface area contributed by atoms with E-state index in [1.165, 1.54) is 12.1 Å². The Morgan fingerprint density at radius 2 is 1.57 bits per heavy atom. The highest BCUT2D eigenvalue weighted by atomic mass is 32.2. The number of rotatable bonds is 7. The molecule has 0 saturated carbocycles. The van der Waals surface area contributed by atoms with Crippen LogP contribution < -0.4 is 9.62 Å². The van der Waals surface area contributed by atoms with Crippen molar-refractivity contribution in [3.8, 4) is 0 Å². The third kappa shape index (κ3) is 4.98. The fourth-order valence-electron chi connectivity index (χ4n) is 3.81. The number of piperazine rings is 1. The summed E-state index contributed by atoms with van der Waals surface area (Å²) in [5.41, 5.74) is 1.04. The second-order valence-electron chi connectivity index (χ2n) is 7.57. The molecule has 0 unspecified atom stereocenters. The lowest BCUT2D eigenvalue weighted by atomic mass is 10.1.